The van der Waals surface area contributed by atoms with Crippen LogP contribution in [0.25, 0.3) is 11.1 Å². The molecule has 2 fully saturated rings. The molecule has 2 aromatic rings. The van der Waals surface area contributed by atoms with Crippen molar-refractivity contribution in [3.05, 3.63) is 59.7 Å². The Bertz CT molecular complexity index is 1040. The van der Waals surface area contributed by atoms with Gasteiger partial charge in [0.15, 0.2) is 0 Å². The van der Waals surface area contributed by atoms with Gasteiger partial charge in [0.1, 0.15) is 12.6 Å². The summed E-state index contributed by atoms with van der Waals surface area (Å²) in [5, 5.41) is 14.8. The Labute approximate surface area is 192 Å². The maximum atomic E-state index is 12.6. The number of ether oxygens (including phenoxy) is 1. The molecule has 7 heteroatoms. The van der Waals surface area contributed by atoms with E-state index in [1.807, 2.05) is 24.3 Å². The van der Waals surface area contributed by atoms with Crippen LogP contribution in [0.4, 0.5) is 4.79 Å². The minimum absolute atomic E-state index is 0.0275. The van der Waals surface area contributed by atoms with E-state index >= 15 is 0 Å². The number of carboxylic acid groups (broad SMARTS) is 1. The molecule has 3 N–H and O–H groups in total. The highest BCUT2D eigenvalue weighted by Gasteiger charge is 2.47. The zero-order chi connectivity index (χ0) is 23.0. The molecule has 0 aromatic heterocycles. The van der Waals surface area contributed by atoms with Crippen LogP contribution in [0.2, 0.25) is 0 Å². The van der Waals surface area contributed by atoms with Gasteiger partial charge in [-0.1, -0.05) is 61.4 Å². The lowest BCUT2D eigenvalue weighted by atomic mass is 9.98. The summed E-state index contributed by atoms with van der Waals surface area (Å²) in [6, 6.07) is 15.4. The van der Waals surface area contributed by atoms with Gasteiger partial charge >= 0.3 is 12.1 Å². The van der Waals surface area contributed by atoms with Crippen molar-refractivity contribution >= 4 is 18.0 Å². The number of carboxylic acids is 1. The molecule has 0 spiro atoms. The molecule has 2 saturated carbocycles. The topological polar surface area (TPSA) is 105 Å². The van der Waals surface area contributed by atoms with E-state index in [-0.39, 0.29) is 24.9 Å². The van der Waals surface area contributed by atoms with Crippen molar-refractivity contribution in [2.24, 2.45) is 5.92 Å². The monoisotopic (exact) mass is 448 g/mol. The van der Waals surface area contributed by atoms with Crippen molar-refractivity contribution in [2.75, 3.05) is 6.61 Å². The number of benzene rings is 2. The summed E-state index contributed by atoms with van der Waals surface area (Å²) in [4.78, 5) is 36.5. The Hall–Kier alpha value is -3.35. The molecule has 33 heavy (non-hydrogen) atoms. The first-order chi connectivity index (χ1) is 15.9. The van der Waals surface area contributed by atoms with Crippen LogP contribution in [-0.4, -0.2) is 41.3 Å². The van der Waals surface area contributed by atoms with Crippen LogP contribution in [0.1, 0.15) is 55.6 Å². The van der Waals surface area contributed by atoms with E-state index in [2.05, 4.69) is 34.9 Å². The molecule has 5 rings (SSSR count). The van der Waals surface area contributed by atoms with Gasteiger partial charge in [-0.25, -0.2) is 9.59 Å². The molecule has 3 aliphatic carbocycles. The predicted octanol–water partition coefficient (Wildman–Crippen LogP) is 3.82. The Morgan fingerprint density at radius 1 is 1.00 bits per heavy atom. The lowest BCUT2D eigenvalue weighted by Gasteiger charge is -2.20. The summed E-state index contributed by atoms with van der Waals surface area (Å²) in [6.07, 6.45) is 3.37. The molecule has 2 amide bonds. The number of hydrogen-bond acceptors (Lipinski definition) is 4. The van der Waals surface area contributed by atoms with Crippen molar-refractivity contribution in [3.8, 4) is 11.1 Å². The second-order valence-corrected chi connectivity index (χ2v) is 9.55. The predicted molar refractivity (Wildman–Crippen MR) is 122 cm³/mol. The summed E-state index contributed by atoms with van der Waals surface area (Å²) in [7, 11) is 0. The van der Waals surface area contributed by atoms with Gasteiger partial charge in [-0.15, -0.1) is 0 Å². The van der Waals surface area contributed by atoms with Gasteiger partial charge in [-0.2, -0.15) is 0 Å². The number of alkyl carbamates (subject to hydrolysis) is 1. The van der Waals surface area contributed by atoms with Crippen LogP contribution in [0.5, 0.6) is 0 Å². The van der Waals surface area contributed by atoms with Crippen molar-refractivity contribution < 1.29 is 24.2 Å². The standard InChI is InChI=1S/C26H28N2O5/c29-23(27-22(24(30)31)13-16-9-10-16)14-26(11-12-26)28-25(32)33-15-21-19-7-3-1-5-17(19)18-6-2-4-8-20(18)21/h1-8,16,21-22H,9-15H2,(H,27,29)(H,28,32)(H,30,31)/t22-/m0/s1. The minimum atomic E-state index is -1.01. The van der Waals surface area contributed by atoms with E-state index in [0.29, 0.717) is 25.2 Å². The van der Waals surface area contributed by atoms with Gasteiger partial charge in [0.05, 0.1) is 5.54 Å². The second-order valence-electron chi connectivity index (χ2n) is 9.55. The number of amides is 2. The lowest BCUT2D eigenvalue weighted by molar-refractivity contribution is -0.142. The zero-order valence-corrected chi connectivity index (χ0v) is 18.4. The quantitative estimate of drug-likeness (QED) is 0.541. The number of hydrogen-bond donors (Lipinski definition) is 3. The van der Waals surface area contributed by atoms with E-state index < -0.39 is 23.6 Å². The molecule has 0 bridgehead atoms. The number of nitrogens with one attached hydrogen (secondary N) is 2. The third-order valence-corrected chi connectivity index (χ3v) is 6.96. The first kappa shape index (κ1) is 21.5. The molecule has 2 aromatic carbocycles. The van der Waals surface area contributed by atoms with E-state index in [1.54, 1.807) is 0 Å². The molecule has 172 valence electrons. The van der Waals surface area contributed by atoms with Crippen LogP contribution >= 0.6 is 0 Å². The van der Waals surface area contributed by atoms with Crippen LogP contribution in [0, 0.1) is 5.92 Å². The van der Waals surface area contributed by atoms with E-state index in [9.17, 15) is 19.5 Å². The Kier molecular flexibility index (Phi) is 5.56. The molecule has 7 nitrogen and oxygen atoms in total. The SMILES string of the molecule is O=C(CC1(NC(=O)OCC2c3ccccc3-c3ccccc32)CC1)N[C@@H](CC1CC1)C(=O)O. The first-order valence-electron chi connectivity index (χ1n) is 11.6. The van der Waals surface area contributed by atoms with Gasteiger partial charge in [0, 0.05) is 12.3 Å². The van der Waals surface area contributed by atoms with Crippen LogP contribution in [-0.2, 0) is 14.3 Å². The third kappa shape index (κ3) is 4.72. The first-order valence-corrected chi connectivity index (χ1v) is 11.6. The average Bonchev–Trinajstić information content (AvgIpc) is 3.72. The normalized spacial score (nSPS) is 18.5. The highest BCUT2D eigenvalue weighted by Crippen LogP contribution is 2.44. The van der Waals surface area contributed by atoms with Gasteiger partial charge in [0.2, 0.25) is 5.91 Å². The number of fused-ring (bicyclic) bond motifs is 3. The van der Waals surface area contributed by atoms with E-state index in [1.165, 1.54) is 0 Å². The number of carbonyl (C=O) groups is 3. The largest absolute Gasteiger partial charge is 0.480 e. The van der Waals surface area contributed by atoms with Crippen LogP contribution in [0.15, 0.2) is 48.5 Å². The number of rotatable bonds is 9. The molecule has 0 radical (unpaired) electrons. The Morgan fingerprint density at radius 2 is 1.61 bits per heavy atom. The number of carbonyl (C=O) groups excluding carboxylic acids is 2. The molecule has 3 aliphatic rings. The van der Waals surface area contributed by atoms with Crippen LogP contribution < -0.4 is 10.6 Å². The summed E-state index contributed by atoms with van der Waals surface area (Å²) >= 11 is 0. The summed E-state index contributed by atoms with van der Waals surface area (Å²) in [5.41, 5.74) is 3.97. The highest BCUT2D eigenvalue weighted by atomic mass is 16.5. The fourth-order valence-electron chi connectivity index (χ4n) is 4.81. The minimum Gasteiger partial charge on any atom is -0.480 e. The van der Waals surface area contributed by atoms with Gasteiger partial charge < -0.3 is 20.5 Å². The molecule has 0 saturated heterocycles. The molecular weight excluding hydrogens is 420 g/mol. The average molecular weight is 449 g/mol. The van der Waals surface area contributed by atoms with Crippen molar-refractivity contribution in [2.45, 2.75) is 56.0 Å². The maximum absolute atomic E-state index is 12.6. The second kappa shape index (κ2) is 8.54. The summed E-state index contributed by atoms with van der Waals surface area (Å²) in [5.74, 6) is -0.996. The van der Waals surface area contributed by atoms with Crippen molar-refractivity contribution in [3.63, 3.8) is 0 Å². The smallest absolute Gasteiger partial charge is 0.407 e. The Morgan fingerprint density at radius 3 is 2.15 bits per heavy atom. The molecule has 1 atom stereocenters. The fraction of sp³-hybridized carbons (Fsp3) is 0.423. The van der Waals surface area contributed by atoms with E-state index in [0.717, 1.165) is 35.1 Å². The molecule has 0 heterocycles. The van der Waals surface area contributed by atoms with Gasteiger partial charge in [-0.05, 0) is 47.4 Å². The third-order valence-electron chi connectivity index (χ3n) is 6.96. The fourth-order valence-corrected chi connectivity index (χ4v) is 4.81. The van der Waals surface area contributed by atoms with Crippen molar-refractivity contribution in [1.82, 2.24) is 10.6 Å². The van der Waals surface area contributed by atoms with Crippen LogP contribution in [0.3, 0.4) is 0 Å². The summed E-state index contributed by atoms with van der Waals surface area (Å²) < 4.78 is 5.60. The van der Waals surface area contributed by atoms with E-state index in [4.69, 9.17) is 4.74 Å². The molecular formula is C26H28N2O5. The Balaban J connectivity index is 1.16. The summed E-state index contributed by atoms with van der Waals surface area (Å²) in [6.45, 7) is 0.213. The highest BCUT2D eigenvalue weighted by molar-refractivity contribution is 5.85. The van der Waals surface area contributed by atoms with Crippen molar-refractivity contribution in [1.29, 1.82) is 0 Å². The molecule has 0 unspecified atom stereocenters. The van der Waals surface area contributed by atoms with Gasteiger partial charge in [-0.3, -0.25) is 4.79 Å². The molecule has 0 aliphatic heterocycles. The maximum Gasteiger partial charge on any atom is 0.407 e. The lowest BCUT2D eigenvalue weighted by Crippen LogP contribution is -2.46. The number of aliphatic carboxylic acids is 1. The zero-order valence-electron chi connectivity index (χ0n) is 18.4. The van der Waals surface area contributed by atoms with Gasteiger partial charge in [0.25, 0.3) is 0 Å².